The molecule has 1 aromatic rings. The molecule has 1 unspecified atom stereocenters. The average molecular weight is 343 g/mol. The van der Waals surface area contributed by atoms with Crippen LogP contribution in [0.4, 0.5) is 4.79 Å². The highest BCUT2D eigenvalue weighted by molar-refractivity contribution is 5.86. The zero-order chi connectivity index (χ0) is 17.8. The zero-order valence-electron chi connectivity index (χ0n) is 14.5. The molecule has 7 nitrogen and oxygen atoms in total. The summed E-state index contributed by atoms with van der Waals surface area (Å²) in [5, 5.41) is 11.8. The molecule has 1 atom stereocenters. The van der Waals surface area contributed by atoms with Crippen molar-refractivity contribution in [2.45, 2.75) is 44.6 Å². The number of imidazole rings is 1. The summed E-state index contributed by atoms with van der Waals surface area (Å²) in [6.45, 7) is 0. The Labute approximate surface area is 147 Å². The molecule has 1 amide bonds. The van der Waals surface area contributed by atoms with Gasteiger partial charge in [-0.3, -0.25) is 4.57 Å². The maximum absolute atomic E-state index is 12.7. The second-order valence-electron chi connectivity index (χ2n) is 6.74. The quantitative estimate of drug-likeness (QED) is 0.382. The lowest BCUT2D eigenvalue weighted by atomic mass is 9.94. The Morgan fingerprint density at radius 1 is 1.40 bits per heavy atom. The fourth-order valence-electron chi connectivity index (χ4n) is 3.49. The summed E-state index contributed by atoms with van der Waals surface area (Å²) in [4.78, 5) is 18.9. The van der Waals surface area contributed by atoms with Crippen LogP contribution in [0.3, 0.4) is 0 Å². The third-order valence-electron chi connectivity index (χ3n) is 5.12. The minimum absolute atomic E-state index is 0.0411. The first kappa shape index (κ1) is 17.3. The molecule has 1 fully saturated rings. The maximum Gasteiger partial charge on any atom is 0.329 e. The lowest BCUT2D eigenvalue weighted by Gasteiger charge is -2.31. The van der Waals surface area contributed by atoms with E-state index in [1.54, 1.807) is 17.1 Å². The van der Waals surface area contributed by atoms with Crippen LogP contribution in [-0.2, 0) is 0 Å². The van der Waals surface area contributed by atoms with Gasteiger partial charge in [0.1, 0.15) is 12.2 Å². The number of amides is 1. The molecule has 3 rings (SSSR count). The minimum atomic E-state index is -0.102. The van der Waals surface area contributed by atoms with Crippen molar-refractivity contribution < 1.29 is 10.0 Å². The lowest BCUT2D eigenvalue weighted by molar-refractivity contribution is 0.175. The van der Waals surface area contributed by atoms with Gasteiger partial charge in [-0.2, -0.15) is 0 Å². The molecule has 0 saturated heterocycles. The van der Waals surface area contributed by atoms with Gasteiger partial charge in [-0.05, 0) is 24.8 Å². The normalized spacial score (nSPS) is 21.9. The smallest absolute Gasteiger partial charge is 0.329 e. The molecule has 3 N–H and O–H groups in total. The number of hydrogen-bond donors (Lipinski definition) is 2. The summed E-state index contributed by atoms with van der Waals surface area (Å²) >= 11 is 0. The van der Waals surface area contributed by atoms with Gasteiger partial charge in [0.25, 0.3) is 0 Å². The van der Waals surface area contributed by atoms with Gasteiger partial charge in [-0.15, -0.1) is 0 Å². The number of carbonyl (C=O) groups excluding carboxylic acids is 1. The Morgan fingerprint density at radius 2 is 2.16 bits per heavy atom. The van der Waals surface area contributed by atoms with Crippen molar-refractivity contribution >= 4 is 17.4 Å². The van der Waals surface area contributed by atoms with Crippen LogP contribution < -0.4 is 5.73 Å². The minimum Gasteiger partial charge on any atom is -0.409 e. The second kappa shape index (κ2) is 7.55. The Hall–Kier alpha value is -2.57. The number of aromatic nitrogens is 2. The third-order valence-corrected chi connectivity index (χ3v) is 5.12. The maximum atomic E-state index is 12.7. The number of nitrogens with two attached hydrogens (primary N) is 1. The average Bonchev–Trinajstić information content (AvgIpc) is 3.17. The van der Waals surface area contributed by atoms with Gasteiger partial charge in [0.15, 0.2) is 0 Å². The van der Waals surface area contributed by atoms with E-state index in [-0.39, 0.29) is 17.8 Å². The van der Waals surface area contributed by atoms with Crippen LogP contribution >= 0.6 is 0 Å². The molecular formula is C18H25N5O2. The Bertz CT molecular complexity index is 713. The van der Waals surface area contributed by atoms with E-state index in [4.69, 9.17) is 10.9 Å². The van der Waals surface area contributed by atoms with E-state index >= 15 is 0 Å². The summed E-state index contributed by atoms with van der Waals surface area (Å²) in [6.07, 6.45) is 15.6. The largest absolute Gasteiger partial charge is 0.409 e. The monoisotopic (exact) mass is 343 g/mol. The summed E-state index contributed by atoms with van der Waals surface area (Å²) in [7, 11) is 1.87. The highest BCUT2D eigenvalue weighted by Gasteiger charge is 2.23. The topological polar surface area (TPSA) is 96.7 Å². The van der Waals surface area contributed by atoms with E-state index in [9.17, 15) is 4.79 Å². The van der Waals surface area contributed by atoms with E-state index in [0.29, 0.717) is 12.5 Å². The molecule has 25 heavy (non-hydrogen) atoms. The molecule has 1 aromatic heterocycles. The molecule has 1 saturated carbocycles. The van der Waals surface area contributed by atoms with E-state index < -0.39 is 0 Å². The van der Waals surface area contributed by atoms with Crippen molar-refractivity contribution in [3.8, 4) is 0 Å². The molecule has 0 aromatic carbocycles. The van der Waals surface area contributed by atoms with E-state index in [1.165, 1.54) is 19.3 Å². The van der Waals surface area contributed by atoms with Crippen molar-refractivity contribution in [2.24, 2.45) is 16.8 Å². The van der Waals surface area contributed by atoms with Gasteiger partial charge in [0.05, 0.1) is 5.69 Å². The van der Waals surface area contributed by atoms with Crippen LogP contribution in [0.1, 0.15) is 44.2 Å². The predicted molar refractivity (Wildman–Crippen MR) is 96.3 cm³/mol. The van der Waals surface area contributed by atoms with Crippen molar-refractivity contribution in [1.82, 2.24) is 14.5 Å². The van der Waals surface area contributed by atoms with Crippen LogP contribution in [0.2, 0.25) is 0 Å². The van der Waals surface area contributed by atoms with Crippen LogP contribution in [0.15, 0.2) is 35.9 Å². The number of hydrogen-bond acceptors (Lipinski definition) is 4. The number of allylic oxidation sites excluding steroid dienone is 3. The van der Waals surface area contributed by atoms with Crippen LogP contribution in [0, 0.1) is 5.92 Å². The first-order chi connectivity index (χ1) is 12.1. The number of oxime groups is 1. The van der Waals surface area contributed by atoms with E-state index in [1.807, 2.05) is 30.2 Å². The SMILES string of the molecule is CN(C(=O)n1cnc(C2=CCC(/C(N)=N/O)C=C2)c1)C1CCCCC1. The molecule has 0 aliphatic heterocycles. The molecule has 2 aliphatic carbocycles. The van der Waals surface area contributed by atoms with Gasteiger partial charge in [0.2, 0.25) is 0 Å². The van der Waals surface area contributed by atoms with Crippen molar-refractivity contribution in [1.29, 1.82) is 0 Å². The highest BCUT2D eigenvalue weighted by Crippen LogP contribution is 2.25. The van der Waals surface area contributed by atoms with Crippen LogP contribution in [0.5, 0.6) is 0 Å². The fourth-order valence-corrected chi connectivity index (χ4v) is 3.49. The summed E-state index contributed by atoms with van der Waals surface area (Å²) in [6, 6.07) is 0.281. The van der Waals surface area contributed by atoms with Gasteiger partial charge in [0, 0.05) is 25.2 Å². The van der Waals surface area contributed by atoms with E-state index in [2.05, 4.69) is 10.1 Å². The first-order valence-electron chi connectivity index (χ1n) is 8.77. The van der Waals surface area contributed by atoms with Crippen LogP contribution in [-0.4, -0.2) is 44.6 Å². The molecule has 134 valence electrons. The first-order valence-corrected chi connectivity index (χ1v) is 8.77. The molecule has 7 heteroatoms. The van der Waals surface area contributed by atoms with Gasteiger partial charge < -0.3 is 15.8 Å². The molecular weight excluding hydrogens is 318 g/mol. The lowest BCUT2D eigenvalue weighted by Crippen LogP contribution is -2.40. The summed E-state index contributed by atoms with van der Waals surface area (Å²) in [5.41, 5.74) is 7.32. The molecule has 0 radical (unpaired) electrons. The van der Waals surface area contributed by atoms with Gasteiger partial charge >= 0.3 is 6.03 Å². The van der Waals surface area contributed by atoms with Crippen molar-refractivity contribution in [3.05, 3.63) is 36.4 Å². The standard InChI is InChI=1S/C18H25N5O2/c1-22(15-5-3-2-4-6-15)18(24)23-11-16(20-12-23)13-7-9-14(10-8-13)17(19)21-25/h7-9,11-12,14-15,25H,2-6,10H2,1H3,(H2,19,21). The van der Waals surface area contributed by atoms with Gasteiger partial charge in [-0.1, -0.05) is 42.6 Å². The van der Waals surface area contributed by atoms with E-state index in [0.717, 1.165) is 24.1 Å². The molecule has 0 bridgehead atoms. The number of rotatable bonds is 3. The number of nitrogens with zero attached hydrogens (tertiary/aromatic N) is 4. The number of carbonyl (C=O) groups is 1. The molecule has 2 aliphatic rings. The van der Waals surface area contributed by atoms with Crippen molar-refractivity contribution in [2.75, 3.05) is 7.05 Å². The molecule has 1 heterocycles. The highest BCUT2D eigenvalue weighted by atomic mass is 16.4. The Morgan fingerprint density at radius 3 is 2.80 bits per heavy atom. The summed E-state index contributed by atoms with van der Waals surface area (Å²) < 4.78 is 1.55. The second-order valence-corrected chi connectivity index (χ2v) is 6.74. The van der Waals surface area contributed by atoms with Crippen molar-refractivity contribution in [3.63, 3.8) is 0 Å². The predicted octanol–water partition coefficient (Wildman–Crippen LogP) is 2.82. The Kier molecular flexibility index (Phi) is 5.21. The Balaban J connectivity index is 1.67. The van der Waals surface area contributed by atoms with Gasteiger partial charge in [-0.25, -0.2) is 9.78 Å². The molecule has 0 spiro atoms. The zero-order valence-corrected chi connectivity index (χ0v) is 14.5. The number of amidine groups is 1. The fraction of sp³-hybridized carbons (Fsp3) is 0.500. The third kappa shape index (κ3) is 3.75. The summed E-state index contributed by atoms with van der Waals surface area (Å²) in [5.74, 6) is 0.0938. The van der Waals surface area contributed by atoms with Crippen LogP contribution in [0.25, 0.3) is 5.57 Å².